The van der Waals surface area contributed by atoms with Crippen molar-refractivity contribution in [2.45, 2.75) is 13.8 Å². The van der Waals surface area contributed by atoms with E-state index in [0.29, 0.717) is 16.7 Å². The third-order valence-electron chi connectivity index (χ3n) is 3.06. The quantitative estimate of drug-likeness (QED) is 0.607. The molecular formula is C16H14O2. The minimum Gasteiger partial charge on any atom is -0.298 e. The van der Waals surface area contributed by atoms with E-state index in [0.717, 1.165) is 17.4 Å². The molecule has 0 bridgehead atoms. The predicted molar refractivity (Wildman–Crippen MR) is 71.2 cm³/mol. The Labute approximate surface area is 106 Å². The first kappa shape index (κ1) is 12.2. The predicted octanol–water partition coefficient (Wildman–Crippen LogP) is 3.35. The third-order valence-corrected chi connectivity index (χ3v) is 3.06. The van der Waals surface area contributed by atoms with Gasteiger partial charge in [0.25, 0.3) is 0 Å². The van der Waals surface area contributed by atoms with Crippen LogP contribution in [0.4, 0.5) is 0 Å². The molecule has 0 amide bonds. The van der Waals surface area contributed by atoms with Crippen LogP contribution >= 0.6 is 0 Å². The minimum atomic E-state index is -0.0452. The molecule has 0 heterocycles. The van der Waals surface area contributed by atoms with Gasteiger partial charge in [0.15, 0.2) is 5.78 Å². The van der Waals surface area contributed by atoms with E-state index < -0.39 is 0 Å². The molecule has 2 heteroatoms. The summed E-state index contributed by atoms with van der Waals surface area (Å²) in [5.41, 5.74) is 3.64. The van der Waals surface area contributed by atoms with Crippen molar-refractivity contribution in [1.29, 1.82) is 0 Å². The standard InChI is InChI=1S/C16H14O2/c1-11-6-8-13(9-7-11)16(18)15-5-3-4-14(10-17)12(15)2/h3-10H,1-2H3. The van der Waals surface area contributed by atoms with Crippen molar-refractivity contribution < 1.29 is 9.59 Å². The Balaban J connectivity index is 2.46. The third kappa shape index (κ3) is 2.23. The highest BCUT2D eigenvalue weighted by molar-refractivity contribution is 6.10. The maximum absolute atomic E-state index is 12.3. The number of hydrogen-bond donors (Lipinski definition) is 0. The van der Waals surface area contributed by atoms with Crippen LogP contribution in [-0.4, -0.2) is 12.1 Å². The second-order valence-electron chi connectivity index (χ2n) is 4.33. The van der Waals surface area contributed by atoms with E-state index in [1.165, 1.54) is 0 Å². The zero-order chi connectivity index (χ0) is 13.1. The Morgan fingerprint density at radius 1 is 1.00 bits per heavy atom. The van der Waals surface area contributed by atoms with Crippen molar-refractivity contribution in [1.82, 2.24) is 0 Å². The summed E-state index contributed by atoms with van der Waals surface area (Å²) < 4.78 is 0. The highest BCUT2D eigenvalue weighted by Crippen LogP contribution is 2.17. The van der Waals surface area contributed by atoms with Crippen LogP contribution in [0.15, 0.2) is 42.5 Å². The van der Waals surface area contributed by atoms with Gasteiger partial charge in [0.05, 0.1) is 0 Å². The van der Waals surface area contributed by atoms with E-state index in [4.69, 9.17) is 0 Å². The maximum atomic E-state index is 12.3. The van der Waals surface area contributed by atoms with Crippen molar-refractivity contribution in [3.8, 4) is 0 Å². The van der Waals surface area contributed by atoms with Crippen molar-refractivity contribution in [2.75, 3.05) is 0 Å². The van der Waals surface area contributed by atoms with Crippen molar-refractivity contribution >= 4 is 12.1 Å². The Kier molecular flexibility index (Phi) is 3.38. The number of ketones is 1. The summed E-state index contributed by atoms with van der Waals surface area (Å²) in [6.07, 6.45) is 0.779. The summed E-state index contributed by atoms with van der Waals surface area (Å²) >= 11 is 0. The first-order valence-corrected chi connectivity index (χ1v) is 5.79. The van der Waals surface area contributed by atoms with Gasteiger partial charge in [-0.3, -0.25) is 9.59 Å². The Morgan fingerprint density at radius 2 is 1.67 bits per heavy atom. The van der Waals surface area contributed by atoms with Gasteiger partial charge in [-0.05, 0) is 19.4 Å². The lowest BCUT2D eigenvalue weighted by molar-refractivity contribution is 0.103. The summed E-state index contributed by atoms with van der Waals surface area (Å²) in [5.74, 6) is -0.0452. The highest BCUT2D eigenvalue weighted by Gasteiger charge is 2.13. The molecule has 0 atom stereocenters. The van der Waals surface area contributed by atoms with Gasteiger partial charge < -0.3 is 0 Å². The fourth-order valence-corrected chi connectivity index (χ4v) is 1.89. The van der Waals surface area contributed by atoms with Crippen molar-refractivity contribution in [2.24, 2.45) is 0 Å². The lowest BCUT2D eigenvalue weighted by Crippen LogP contribution is -2.05. The molecule has 2 nitrogen and oxygen atoms in total. The molecule has 0 unspecified atom stereocenters. The SMILES string of the molecule is Cc1ccc(C(=O)c2cccc(C=O)c2C)cc1. The number of hydrogen-bond acceptors (Lipinski definition) is 2. The monoisotopic (exact) mass is 238 g/mol. The fourth-order valence-electron chi connectivity index (χ4n) is 1.89. The summed E-state index contributed by atoms with van der Waals surface area (Å²) in [6, 6.07) is 12.6. The average Bonchev–Trinajstić information content (AvgIpc) is 2.39. The minimum absolute atomic E-state index is 0.0452. The molecule has 0 aliphatic rings. The molecule has 0 N–H and O–H groups in total. The number of rotatable bonds is 3. The lowest BCUT2D eigenvalue weighted by atomic mass is 9.96. The smallest absolute Gasteiger partial charge is 0.193 e. The summed E-state index contributed by atoms with van der Waals surface area (Å²) in [5, 5.41) is 0. The van der Waals surface area contributed by atoms with Gasteiger partial charge in [-0.1, -0.05) is 48.0 Å². The normalized spacial score (nSPS) is 10.1. The molecule has 0 saturated carbocycles. The Morgan fingerprint density at radius 3 is 2.28 bits per heavy atom. The van der Waals surface area contributed by atoms with E-state index in [2.05, 4.69) is 0 Å². The average molecular weight is 238 g/mol. The van der Waals surface area contributed by atoms with Gasteiger partial charge in [0.1, 0.15) is 6.29 Å². The molecule has 2 rings (SSSR count). The van der Waals surface area contributed by atoms with Gasteiger partial charge in [-0.2, -0.15) is 0 Å². The van der Waals surface area contributed by atoms with Crippen LogP contribution in [0.5, 0.6) is 0 Å². The molecule has 2 aromatic carbocycles. The van der Waals surface area contributed by atoms with E-state index in [-0.39, 0.29) is 5.78 Å². The summed E-state index contributed by atoms with van der Waals surface area (Å²) in [6.45, 7) is 3.78. The van der Waals surface area contributed by atoms with Crippen LogP contribution < -0.4 is 0 Å². The van der Waals surface area contributed by atoms with Crippen LogP contribution in [0.3, 0.4) is 0 Å². The molecule has 0 saturated heterocycles. The largest absolute Gasteiger partial charge is 0.298 e. The number of benzene rings is 2. The van der Waals surface area contributed by atoms with Crippen LogP contribution in [0.2, 0.25) is 0 Å². The van der Waals surface area contributed by atoms with Gasteiger partial charge >= 0.3 is 0 Å². The molecule has 0 fully saturated rings. The number of aldehydes is 1. The fraction of sp³-hybridized carbons (Fsp3) is 0.125. The highest BCUT2D eigenvalue weighted by atomic mass is 16.1. The summed E-state index contributed by atoms with van der Waals surface area (Å²) in [4.78, 5) is 23.2. The maximum Gasteiger partial charge on any atom is 0.193 e. The van der Waals surface area contributed by atoms with Gasteiger partial charge in [0.2, 0.25) is 0 Å². The molecule has 90 valence electrons. The van der Waals surface area contributed by atoms with E-state index in [1.807, 2.05) is 31.2 Å². The Bertz CT molecular complexity index is 595. The van der Waals surface area contributed by atoms with Crippen LogP contribution in [0.1, 0.15) is 37.4 Å². The zero-order valence-corrected chi connectivity index (χ0v) is 10.4. The number of aryl methyl sites for hydroxylation is 1. The van der Waals surface area contributed by atoms with E-state index >= 15 is 0 Å². The molecule has 18 heavy (non-hydrogen) atoms. The second-order valence-corrected chi connectivity index (χ2v) is 4.33. The first-order chi connectivity index (χ1) is 8.63. The molecule has 0 radical (unpaired) electrons. The molecular weight excluding hydrogens is 224 g/mol. The van der Waals surface area contributed by atoms with Crippen molar-refractivity contribution in [3.05, 3.63) is 70.3 Å². The molecule has 2 aromatic rings. The molecule has 0 spiro atoms. The lowest BCUT2D eigenvalue weighted by Gasteiger charge is -2.07. The zero-order valence-electron chi connectivity index (χ0n) is 10.4. The van der Waals surface area contributed by atoms with Crippen molar-refractivity contribution in [3.63, 3.8) is 0 Å². The Hall–Kier alpha value is -2.22. The van der Waals surface area contributed by atoms with Gasteiger partial charge in [-0.25, -0.2) is 0 Å². The van der Waals surface area contributed by atoms with Crippen LogP contribution in [-0.2, 0) is 0 Å². The molecule has 0 aromatic heterocycles. The van der Waals surface area contributed by atoms with E-state index in [9.17, 15) is 9.59 Å². The van der Waals surface area contributed by atoms with Crippen LogP contribution in [0, 0.1) is 13.8 Å². The molecule has 0 aliphatic carbocycles. The van der Waals surface area contributed by atoms with Crippen LogP contribution in [0.25, 0.3) is 0 Å². The topological polar surface area (TPSA) is 34.1 Å². The van der Waals surface area contributed by atoms with Gasteiger partial charge in [0, 0.05) is 16.7 Å². The second kappa shape index (κ2) is 4.96. The summed E-state index contributed by atoms with van der Waals surface area (Å²) in [7, 11) is 0. The number of carbonyl (C=O) groups is 2. The molecule has 0 aliphatic heterocycles. The number of carbonyl (C=O) groups excluding carboxylic acids is 2. The first-order valence-electron chi connectivity index (χ1n) is 5.79. The van der Waals surface area contributed by atoms with E-state index in [1.54, 1.807) is 25.1 Å². The van der Waals surface area contributed by atoms with Gasteiger partial charge in [-0.15, -0.1) is 0 Å².